The Kier molecular flexibility index (Phi) is 7.55. The minimum Gasteiger partial charge on any atom is -0.369 e. The summed E-state index contributed by atoms with van der Waals surface area (Å²) < 4.78 is 0. The Morgan fingerprint density at radius 3 is 2.27 bits per heavy atom. The van der Waals surface area contributed by atoms with Crippen LogP contribution in [0.4, 0.5) is 5.69 Å². The highest BCUT2D eigenvalue weighted by Gasteiger charge is 2.23. The van der Waals surface area contributed by atoms with Gasteiger partial charge >= 0.3 is 0 Å². The fraction of sp³-hybridized carbons (Fsp3) is 0.600. The number of allylic oxidation sites excluding steroid dienone is 1. The molecule has 1 amide bonds. The minimum atomic E-state index is 0.0537. The number of amides is 1. The van der Waals surface area contributed by atoms with Crippen molar-refractivity contribution in [3.05, 3.63) is 42.0 Å². The van der Waals surface area contributed by atoms with E-state index in [0.29, 0.717) is 0 Å². The van der Waals surface area contributed by atoms with Crippen molar-refractivity contribution in [3.8, 4) is 6.07 Å². The lowest BCUT2D eigenvalue weighted by atomic mass is 9.92. The van der Waals surface area contributed by atoms with Crippen molar-refractivity contribution in [1.29, 1.82) is 5.26 Å². The molecule has 0 spiro atoms. The van der Waals surface area contributed by atoms with E-state index >= 15 is 0 Å². The highest BCUT2D eigenvalue weighted by Crippen LogP contribution is 2.23. The molecule has 0 aliphatic carbocycles. The lowest BCUT2D eigenvalue weighted by molar-refractivity contribution is -0.127. The molecule has 0 N–H and O–H groups in total. The molecule has 2 aliphatic heterocycles. The van der Waals surface area contributed by atoms with Crippen molar-refractivity contribution in [2.75, 3.05) is 50.7 Å². The first kappa shape index (κ1) is 22.4. The Labute approximate surface area is 181 Å². The molecule has 0 bridgehead atoms. The van der Waals surface area contributed by atoms with E-state index in [4.69, 9.17) is 5.26 Å². The van der Waals surface area contributed by atoms with Crippen molar-refractivity contribution < 1.29 is 4.79 Å². The van der Waals surface area contributed by atoms with Gasteiger partial charge in [-0.25, -0.2) is 0 Å². The average molecular weight is 409 g/mol. The Morgan fingerprint density at radius 2 is 1.70 bits per heavy atom. The van der Waals surface area contributed by atoms with E-state index in [1.54, 1.807) is 6.08 Å². The summed E-state index contributed by atoms with van der Waals surface area (Å²) in [6.07, 6.45) is 7.25. The number of hydrogen-bond donors (Lipinski definition) is 0. The van der Waals surface area contributed by atoms with Gasteiger partial charge in [0.25, 0.3) is 0 Å². The number of rotatable bonds is 5. The zero-order chi connectivity index (χ0) is 21.6. The van der Waals surface area contributed by atoms with Gasteiger partial charge in [-0.3, -0.25) is 9.69 Å². The maximum Gasteiger partial charge on any atom is 0.246 e. The molecule has 5 heteroatoms. The van der Waals surface area contributed by atoms with Gasteiger partial charge in [-0.05, 0) is 67.5 Å². The molecule has 1 aromatic carbocycles. The smallest absolute Gasteiger partial charge is 0.246 e. The molecular weight excluding hydrogens is 372 g/mol. The first-order chi connectivity index (χ1) is 14.3. The maximum atomic E-state index is 12.4. The zero-order valence-electron chi connectivity index (χ0n) is 18.8. The van der Waals surface area contributed by atoms with E-state index in [-0.39, 0.29) is 11.3 Å². The monoisotopic (exact) mass is 408 g/mol. The summed E-state index contributed by atoms with van der Waals surface area (Å²) in [5.74, 6) is 0.902. The van der Waals surface area contributed by atoms with Gasteiger partial charge in [-0.15, -0.1) is 0 Å². The molecule has 162 valence electrons. The van der Waals surface area contributed by atoms with Crippen LogP contribution in [0.25, 0.3) is 0 Å². The number of carbonyl (C=O) groups is 1. The van der Waals surface area contributed by atoms with Crippen LogP contribution in [0.2, 0.25) is 0 Å². The molecule has 2 fully saturated rings. The Morgan fingerprint density at radius 1 is 1.07 bits per heavy atom. The number of nitrogens with zero attached hydrogens (tertiary/aromatic N) is 4. The average Bonchev–Trinajstić information content (AvgIpc) is 2.76. The largest absolute Gasteiger partial charge is 0.369 e. The van der Waals surface area contributed by atoms with Crippen molar-refractivity contribution in [2.45, 2.75) is 40.0 Å². The number of nitriles is 1. The van der Waals surface area contributed by atoms with Crippen LogP contribution in [-0.2, 0) is 4.79 Å². The third kappa shape index (κ3) is 6.60. The normalized spacial score (nSPS) is 19.3. The first-order valence-electron chi connectivity index (χ1n) is 11.3. The van der Waals surface area contributed by atoms with Crippen LogP contribution in [0.5, 0.6) is 0 Å². The topological polar surface area (TPSA) is 50.6 Å². The van der Waals surface area contributed by atoms with Crippen LogP contribution in [-0.4, -0.2) is 61.5 Å². The van der Waals surface area contributed by atoms with Crippen molar-refractivity contribution >= 4 is 11.6 Å². The summed E-state index contributed by atoms with van der Waals surface area (Å²) in [7, 11) is 0. The fourth-order valence-corrected chi connectivity index (χ4v) is 4.21. The van der Waals surface area contributed by atoms with Crippen LogP contribution in [0.15, 0.2) is 36.4 Å². The van der Waals surface area contributed by atoms with Crippen molar-refractivity contribution in [3.63, 3.8) is 0 Å². The molecule has 2 saturated heterocycles. The van der Waals surface area contributed by atoms with E-state index in [9.17, 15) is 4.79 Å². The molecule has 0 saturated carbocycles. The van der Waals surface area contributed by atoms with E-state index < -0.39 is 0 Å². The van der Waals surface area contributed by atoms with Crippen molar-refractivity contribution in [2.24, 2.45) is 11.3 Å². The van der Waals surface area contributed by atoms with Gasteiger partial charge in [0.05, 0.1) is 11.6 Å². The maximum absolute atomic E-state index is 12.4. The summed E-state index contributed by atoms with van der Waals surface area (Å²) >= 11 is 0. The van der Waals surface area contributed by atoms with Gasteiger partial charge < -0.3 is 9.80 Å². The molecule has 0 radical (unpaired) electrons. The third-order valence-corrected chi connectivity index (χ3v) is 6.24. The van der Waals surface area contributed by atoms with Crippen LogP contribution >= 0.6 is 0 Å². The van der Waals surface area contributed by atoms with Gasteiger partial charge in [0, 0.05) is 45.0 Å². The Bertz CT molecular complexity index is 756. The highest BCUT2D eigenvalue weighted by molar-refractivity contribution is 5.87. The Balaban J connectivity index is 1.35. The molecule has 0 aromatic heterocycles. The number of hydrogen-bond acceptors (Lipinski definition) is 4. The lowest BCUT2D eigenvalue weighted by Gasteiger charge is -2.37. The highest BCUT2D eigenvalue weighted by atomic mass is 16.2. The molecule has 0 atom stereocenters. The number of piperazine rings is 1. The zero-order valence-corrected chi connectivity index (χ0v) is 18.8. The standard InChI is InChI=1S/C25H36N4O/c1-25(2,3)12-8-24(30)29-14-10-21(11-15-29)9-13-27-16-18-28(19-17-27)23-6-4-22(20-26)5-7-23/h4-8,12,21H,9-11,13-19H2,1-3H3. The number of benzene rings is 1. The van der Waals surface area contributed by atoms with Gasteiger partial charge in [0.2, 0.25) is 5.91 Å². The first-order valence-corrected chi connectivity index (χ1v) is 11.3. The number of piperidine rings is 1. The van der Waals surface area contributed by atoms with E-state index in [0.717, 1.165) is 70.1 Å². The molecule has 0 unspecified atom stereocenters. The summed E-state index contributed by atoms with van der Waals surface area (Å²) in [6.45, 7) is 13.6. The predicted molar refractivity (Wildman–Crippen MR) is 122 cm³/mol. The second-order valence-electron chi connectivity index (χ2n) is 9.74. The van der Waals surface area contributed by atoms with Crippen molar-refractivity contribution in [1.82, 2.24) is 9.80 Å². The lowest BCUT2D eigenvalue weighted by Crippen LogP contribution is -2.47. The summed E-state index contributed by atoms with van der Waals surface area (Å²) in [6, 6.07) is 10.1. The summed E-state index contributed by atoms with van der Waals surface area (Å²) in [5.41, 5.74) is 1.99. The summed E-state index contributed by atoms with van der Waals surface area (Å²) in [5, 5.41) is 8.94. The molecule has 2 aliphatic rings. The van der Waals surface area contributed by atoms with Crippen LogP contribution in [0, 0.1) is 22.7 Å². The predicted octanol–water partition coefficient (Wildman–Crippen LogP) is 3.91. The molecule has 2 heterocycles. The van der Waals surface area contributed by atoms with E-state index in [1.807, 2.05) is 23.1 Å². The quantitative estimate of drug-likeness (QED) is 0.693. The molecule has 30 heavy (non-hydrogen) atoms. The second kappa shape index (κ2) is 10.1. The van der Waals surface area contributed by atoms with E-state index in [1.165, 1.54) is 12.1 Å². The van der Waals surface area contributed by atoms with Gasteiger partial charge in [-0.2, -0.15) is 5.26 Å². The number of carbonyl (C=O) groups excluding carboxylic acids is 1. The van der Waals surface area contributed by atoms with Gasteiger partial charge in [0.15, 0.2) is 0 Å². The van der Waals surface area contributed by atoms with Crippen LogP contribution in [0.3, 0.4) is 0 Å². The van der Waals surface area contributed by atoms with Gasteiger partial charge in [-0.1, -0.05) is 26.8 Å². The number of likely N-dealkylation sites (tertiary alicyclic amines) is 1. The Hall–Kier alpha value is -2.32. The summed E-state index contributed by atoms with van der Waals surface area (Å²) in [4.78, 5) is 19.3. The minimum absolute atomic E-state index is 0.0537. The second-order valence-corrected chi connectivity index (χ2v) is 9.74. The van der Waals surface area contributed by atoms with E-state index in [2.05, 4.69) is 48.8 Å². The molecule has 1 aromatic rings. The molecule has 5 nitrogen and oxygen atoms in total. The number of anilines is 1. The fourth-order valence-electron chi connectivity index (χ4n) is 4.21. The van der Waals surface area contributed by atoms with Gasteiger partial charge in [0.1, 0.15) is 0 Å². The molecule has 3 rings (SSSR count). The molecular formula is C25H36N4O. The SMILES string of the molecule is CC(C)(C)C=CC(=O)N1CCC(CCN2CCN(c3ccc(C#N)cc3)CC2)CC1. The van der Waals surface area contributed by atoms with Crippen LogP contribution < -0.4 is 4.90 Å². The third-order valence-electron chi connectivity index (χ3n) is 6.24. The van der Waals surface area contributed by atoms with Crippen LogP contribution in [0.1, 0.15) is 45.6 Å².